The van der Waals surface area contributed by atoms with Gasteiger partial charge >= 0.3 is 6.09 Å². The minimum Gasteiger partial charge on any atom is -0.495 e. The molecule has 11 heteroatoms. The first kappa shape index (κ1) is 23.1. The molecule has 29 heavy (non-hydrogen) atoms. The lowest BCUT2D eigenvalue weighted by atomic mass is 10.2. The summed E-state index contributed by atoms with van der Waals surface area (Å²) in [5.74, 6) is -0.0902. The molecule has 162 valence electrons. The molecule has 1 atom stereocenters. The summed E-state index contributed by atoms with van der Waals surface area (Å²) < 4.78 is 36.3. The standard InChI is InChI=1S/C18H26ClN3O6S/c1-5-28-18(24)21-10-8-20(9-11-21)17(23)13(2)22(29(4,25)26)15-12-14(19)6-7-16(15)27-3/h6-7,12-13H,5,8-11H2,1-4H3/t13-/m0/s1. The summed E-state index contributed by atoms with van der Waals surface area (Å²) in [5, 5.41) is 0.317. The number of benzene rings is 1. The van der Waals surface area contributed by atoms with Gasteiger partial charge in [-0.05, 0) is 32.0 Å². The maximum absolute atomic E-state index is 13.1. The molecule has 9 nitrogen and oxygen atoms in total. The fourth-order valence-corrected chi connectivity index (χ4v) is 4.53. The minimum absolute atomic E-state index is 0.188. The maximum atomic E-state index is 13.1. The molecule has 1 aromatic rings. The molecule has 1 heterocycles. The zero-order chi connectivity index (χ0) is 21.8. The van der Waals surface area contributed by atoms with Gasteiger partial charge in [-0.25, -0.2) is 13.2 Å². The number of amides is 2. The van der Waals surface area contributed by atoms with Crippen molar-refractivity contribution < 1.29 is 27.5 Å². The Balaban J connectivity index is 2.23. The van der Waals surface area contributed by atoms with Gasteiger partial charge in [0.05, 0.1) is 25.7 Å². The lowest BCUT2D eigenvalue weighted by Crippen LogP contribution is -2.56. The normalized spacial score (nSPS) is 15.6. The lowest BCUT2D eigenvalue weighted by Gasteiger charge is -2.37. The third-order valence-corrected chi connectivity index (χ3v) is 6.02. The summed E-state index contributed by atoms with van der Waals surface area (Å²) in [5.41, 5.74) is 0.188. The van der Waals surface area contributed by atoms with Crippen LogP contribution in [0.25, 0.3) is 0 Å². The highest BCUT2D eigenvalue weighted by Crippen LogP contribution is 2.34. The first-order valence-corrected chi connectivity index (χ1v) is 11.4. The van der Waals surface area contributed by atoms with Crippen molar-refractivity contribution in [2.45, 2.75) is 19.9 Å². The van der Waals surface area contributed by atoms with Gasteiger partial charge in [0.15, 0.2) is 0 Å². The number of hydrogen-bond donors (Lipinski definition) is 0. The SMILES string of the molecule is CCOC(=O)N1CCN(C(=O)[C@H](C)N(c2cc(Cl)ccc2OC)S(C)(=O)=O)CC1. The molecular formula is C18H26ClN3O6S. The van der Waals surface area contributed by atoms with Gasteiger partial charge in [-0.2, -0.15) is 0 Å². The van der Waals surface area contributed by atoms with Crippen molar-refractivity contribution in [1.82, 2.24) is 9.80 Å². The Morgan fingerprint density at radius 3 is 2.31 bits per heavy atom. The quantitative estimate of drug-likeness (QED) is 0.659. The first-order valence-electron chi connectivity index (χ1n) is 9.13. The summed E-state index contributed by atoms with van der Waals surface area (Å²) in [6.45, 7) is 4.72. The molecule has 0 aromatic heterocycles. The third kappa shape index (κ3) is 5.45. The molecule has 1 aromatic carbocycles. The second kappa shape index (κ2) is 9.53. The number of carbonyl (C=O) groups is 2. The van der Waals surface area contributed by atoms with Crippen molar-refractivity contribution in [3.05, 3.63) is 23.2 Å². The number of ether oxygens (including phenoxy) is 2. The van der Waals surface area contributed by atoms with Gasteiger partial charge in [-0.15, -0.1) is 0 Å². The maximum Gasteiger partial charge on any atom is 0.409 e. The van der Waals surface area contributed by atoms with Crippen LogP contribution in [-0.2, 0) is 19.6 Å². The number of anilines is 1. The lowest BCUT2D eigenvalue weighted by molar-refractivity contribution is -0.133. The van der Waals surface area contributed by atoms with E-state index in [9.17, 15) is 18.0 Å². The van der Waals surface area contributed by atoms with E-state index in [4.69, 9.17) is 21.1 Å². The molecule has 0 N–H and O–H groups in total. The van der Waals surface area contributed by atoms with E-state index >= 15 is 0 Å². The van der Waals surface area contributed by atoms with Crippen LogP contribution in [0.4, 0.5) is 10.5 Å². The van der Waals surface area contributed by atoms with Gasteiger partial charge in [0, 0.05) is 31.2 Å². The smallest absolute Gasteiger partial charge is 0.409 e. The Morgan fingerprint density at radius 1 is 1.21 bits per heavy atom. The Bertz CT molecular complexity index is 855. The fraction of sp³-hybridized carbons (Fsp3) is 0.556. The van der Waals surface area contributed by atoms with E-state index < -0.39 is 22.2 Å². The number of nitrogens with zero attached hydrogens (tertiary/aromatic N) is 3. The number of methoxy groups -OCH3 is 1. The van der Waals surface area contributed by atoms with Crippen molar-refractivity contribution >= 4 is 39.3 Å². The van der Waals surface area contributed by atoms with Gasteiger partial charge in [0.1, 0.15) is 11.8 Å². The highest BCUT2D eigenvalue weighted by molar-refractivity contribution is 7.92. The second-order valence-corrected chi connectivity index (χ2v) is 8.86. The molecule has 0 aliphatic carbocycles. The first-order chi connectivity index (χ1) is 13.6. The van der Waals surface area contributed by atoms with Crippen LogP contribution in [0.5, 0.6) is 5.75 Å². The predicted octanol–water partition coefficient (Wildman–Crippen LogP) is 1.80. The molecule has 1 saturated heterocycles. The van der Waals surface area contributed by atoms with E-state index in [-0.39, 0.29) is 37.0 Å². The summed E-state index contributed by atoms with van der Waals surface area (Å²) in [4.78, 5) is 27.9. The van der Waals surface area contributed by atoms with E-state index in [1.165, 1.54) is 29.9 Å². The van der Waals surface area contributed by atoms with Crippen LogP contribution in [0.2, 0.25) is 5.02 Å². The molecule has 2 rings (SSSR count). The van der Waals surface area contributed by atoms with Gasteiger partial charge in [-0.1, -0.05) is 11.6 Å². The molecule has 1 fully saturated rings. The van der Waals surface area contributed by atoms with Crippen LogP contribution in [0.3, 0.4) is 0 Å². The van der Waals surface area contributed by atoms with Crippen LogP contribution in [0.1, 0.15) is 13.8 Å². The number of hydrogen-bond acceptors (Lipinski definition) is 6. The van der Waals surface area contributed by atoms with Gasteiger partial charge < -0.3 is 19.3 Å². The molecule has 0 bridgehead atoms. The Hall–Kier alpha value is -2.20. The average Bonchev–Trinajstić information content (AvgIpc) is 2.67. The topological polar surface area (TPSA) is 96.5 Å². The Morgan fingerprint density at radius 2 is 1.79 bits per heavy atom. The van der Waals surface area contributed by atoms with E-state index in [0.29, 0.717) is 18.1 Å². The van der Waals surface area contributed by atoms with Crippen LogP contribution in [0, 0.1) is 0 Å². The Labute approximate surface area is 176 Å². The number of halogens is 1. The van der Waals surface area contributed by atoms with E-state index in [1.807, 2.05) is 0 Å². The largest absolute Gasteiger partial charge is 0.495 e. The molecule has 1 aliphatic heterocycles. The monoisotopic (exact) mass is 447 g/mol. The number of piperazine rings is 1. The Kier molecular flexibility index (Phi) is 7.59. The van der Waals surface area contributed by atoms with E-state index in [0.717, 1.165) is 10.6 Å². The van der Waals surface area contributed by atoms with Crippen molar-refractivity contribution in [3.63, 3.8) is 0 Å². The number of rotatable bonds is 6. The highest BCUT2D eigenvalue weighted by atomic mass is 35.5. The summed E-state index contributed by atoms with van der Waals surface area (Å²) >= 11 is 6.05. The van der Waals surface area contributed by atoms with Gasteiger partial charge in [-0.3, -0.25) is 9.10 Å². The van der Waals surface area contributed by atoms with Crippen LogP contribution >= 0.6 is 11.6 Å². The zero-order valence-corrected chi connectivity index (χ0v) is 18.5. The summed E-state index contributed by atoms with van der Waals surface area (Å²) in [6, 6.07) is 3.55. The van der Waals surface area contributed by atoms with Crippen molar-refractivity contribution in [1.29, 1.82) is 0 Å². The molecule has 0 radical (unpaired) electrons. The van der Waals surface area contributed by atoms with Crippen LogP contribution in [0.15, 0.2) is 18.2 Å². The van der Waals surface area contributed by atoms with Crippen molar-refractivity contribution in [2.24, 2.45) is 0 Å². The summed E-state index contributed by atoms with van der Waals surface area (Å²) in [7, 11) is -2.41. The minimum atomic E-state index is -3.82. The fourth-order valence-electron chi connectivity index (χ4n) is 3.20. The molecule has 2 amide bonds. The van der Waals surface area contributed by atoms with Crippen molar-refractivity contribution in [3.8, 4) is 5.75 Å². The molecule has 0 saturated carbocycles. The van der Waals surface area contributed by atoms with Crippen LogP contribution < -0.4 is 9.04 Å². The van der Waals surface area contributed by atoms with Crippen LogP contribution in [-0.4, -0.2) is 82.4 Å². The van der Waals surface area contributed by atoms with E-state index in [2.05, 4.69) is 0 Å². The molecule has 0 spiro atoms. The molecular weight excluding hydrogens is 422 g/mol. The third-order valence-electron chi connectivity index (χ3n) is 4.56. The van der Waals surface area contributed by atoms with Crippen molar-refractivity contribution in [2.75, 3.05) is 50.5 Å². The molecule has 0 unspecified atom stereocenters. The highest BCUT2D eigenvalue weighted by Gasteiger charge is 2.35. The predicted molar refractivity (Wildman–Crippen MR) is 110 cm³/mol. The molecule has 1 aliphatic rings. The average molecular weight is 448 g/mol. The number of carbonyl (C=O) groups excluding carboxylic acids is 2. The zero-order valence-electron chi connectivity index (χ0n) is 16.9. The van der Waals surface area contributed by atoms with Gasteiger partial charge in [0.2, 0.25) is 15.9 Å². The number of sulfonamides is 1. The van der Waals surface area contributed by atoms with E-state index in [1.54, 1.807) is 19.1 Å². The summed E-state index contributed by atoms with van der Waals surface area (Å²) in [6.07, 6.45) is 0.601. The second-order valence-electron chi connectivity index (χ2n) is 6.56. The van der Waals surface area contributed by atoms with Gasteiger partial charge in [0.25, 0.3) is 0 Å².